The molecule has 2 heterocycles. The molecule has 0 aliphatic rings. The van der Waals surface area contributed by atoms with Gasteiger partial charge in [0.05, 0.1) is 5.69 Å². The Morgan fingerprint density at radius 2 is 2.31 bits per heavy atom. The highest BCUT2D eigenvalue weighted by Gasteiger charge is 2.04. The molecule has 0 saturated carbocycles. The summed E-state index contributed by atoms with van der Waals surface area (Å²) in [5, 5.41) is 2.70. The molecule has 5 heteroatoms. The number of nitrogens with one attached hydrogen (secondary N) is 1. The maximum Gasteiger partial charge on any atom is 0.225 e. The number of pyridine rings is 1. The van der Waals surface area contributed by atoms with Gasteiger partial charge in [-0.3, -0.25) is 4.79 Å². The van der Waals surface area contributed by atoms with E-state index < -0.39 is 0 Å². The van der Waals surface area contributed by atoms with Gasteiger partial charge in [0.2, 0.25) is 5.91 Å². The molecular formula is C11H11N3O2. The smallest absolute Gasteiger partial charge is 0.225 e. The summed E-state index contributed by atoms with van der Waals surface area (Å²) in [5.41, 5.74) is 0.774. The maximum absolute atomic E-state index is 11.5. The van der Waals surface area contributed by atoms with E-state index in [-0.39, 0.29) is 5.91 Å². The molecule has 82 valence electrons. The van der Waals surface area contributed by atoms with Crippen molar-refractivity contribution in [2.75, 3.05) is 5.32 Å². The van der Waals surface area contributed by atoms with E-state index in [2.05, 4.69) is 15.3 Å². The lowest BCUT2D eigenvalue weighted by Gasteiger charge is -2.02. The standard InChI is InChI=1S/C11H11N3O2/c15-11(5-4-9-7-16-8-13-9)14-10-3-1-2-6-12-10/h1-3,6-8H,4-5H2,(H,12,14,15). The topological polar surface area (TPSA) is 68.0 Å². The molecule has 0 radical (unpaired) electrons. The van der Waals surface area contributed by atoms with E-state index in [9.17, 15) is 4.79 Å². The van der Waals surface area contributed by atoms with Crippen molar-refractivity contribution in [3.8, 4) is 0 Å². The Kier molecular flexibility index (Phi) is 3.28. The summed E-state index contributed by atoms with van der Waals surface area (Å²) in [7, 11) is 0. The molecule has 2 rings (SSSR count). The first-order chi connectivity index (χ1) is 7.84. The molecule has 0 bridgehead atoms. The zero-order valence-electron chi connectivity index (χ0n) is 8.59. The molecule has 0 spiro atoms. The van der Waals surface area contributed by atoms with Crippen molar-refractivity contribution in [2.45, 2.75) is 12.8 Å². The predicted octanol–water partition coefficient (Wildman–Crippen LogP) is 1.64. The first-order valence-electron chi connectivity index (χ1n) is 4.92. The minimum Gasteiger partial charge on any atom is -0.451 e. The minimum atomic E-state index is -0.0818. The van der Waals surface area contributed by atoms with E-state index in [4.69, 9.17) is 4.42 Å². The van der Waals surface area contributed by atoms with Gasteiger partial charge >= 0.3 is 0 Å². The summed E-state index contributed by atoms with van der Waals surface area (Å²) in [6, 6.07) is 5.36. The van der Waals surface area contributed by atoms with E-state index in [0.717, 1.165) is 5.69 Å². The largest absolute Gasteiger partial charge is 0.451 e. The van der Waals surface area contributed by atoms with E-state index in [1.165, 1.54) is 12.7 Å². The van der Waals surface area contributed by atoms with Crippen molar-refractivity contribution in [1.29, 1.82) is 0 Å². The lowest BCUT2D eigenvalue weighted by Crippen LogP contribution is -2.13. The molecule has 0 aliphatic carbocycles. The zero-order chi connectivity index (χ0) is 11.2. The van der Waals surface area contributed by atoms with Gasteiger partial charge in [0.1, 0.15) is 12.1 Å². The highest BCUT2D eigenvalue weighted by molar-refractivity contribution is 5.89. The third-order valence-corrected chi connectivity index (χ3v) is 2.02. The third-order valence-electron chi connectivity index (χ3n) is 2.02. The van der Waals surface area contributed by atoms with Crippen LogP contribution in [-0.2, 0) is 11.2 Å². The number of nitrogens with zero attached hydrogens (tertiary/aromatic N) is 2. The monoisotopic (exact) mass is 217 g/mol. The average Bonchev–Trinajstić information content (AvgIpc) is 2.81. The lowest BCUT2D eigenvalue weighted by molar-refractivity contribution is -0.116. The number of anilines is 1. The highest BCUT2D eigenvalue weighted by atomic mass is 16.3. The van der Waals surface area contributed by atoms with Crippen molar-refractivity contribution in [2.24, 2.45) is 0 Å². The number of aryl methyl sites for hydroxylation is 1. The molecule has 1 N–H and O–H groups in total. The van der Waals surface area contributed by atoms with Gasteiger partial charge in [-0.1, -0.05) is 6.07 Å². The van der Waals surface area contributed by atoms with Crippen LogP contribution in [0.3, 0.4) is 0 Å². The lowest BCUT2D eigenvalue weighted by atomic mass is 10.2. The van der Waals surface area contributed by atoms with Crippen molar-refractivity contribution < 1.29 is 9.21 Å². The molecule has 0 atom stereocenters. The number of amides is 1. The van der Waals surface area contributed by atoms with Gasteiger partial charge < -0.3 is 9.73 Å². The van der Waals surface area contributed by atoms with Crippen molar-refractivity contribution >= 4 is 11.7 Å². The second-order valence-corrected chi connectivity index (χ2v) is 3.24. The molecule has 0 fully saturated rings. The molecule has 16 heavy (non-hydrogen) atoms. The third kappa shape index (κ3) is 2.91. The Balaban J connectivity index is 1.81. The molecule has 2 aromatic rings. The first kappa shape index (κ1) is 10.4. The van der Waals surface area contributed by atoms with Gasteiger partial charge in [-0.15, -0.1) is 0 Å². The Bertz CT molecular complexity index is 440. The van der Waals surface area contributed by atoms with E-state index in [1.54, 1.807) is 18.3 Å². The number of oxazole rings is 1. The van der Waals surface area contributed by atoms with Gasteiger partial charge in [0, 0.05) is 19.0 Å². The SMILES string of the molecule is O=C(CCc1cocn1)Nc1ccccn1. The molecule has 0 unspecified atom stereocenters. The zero-order valence-corrected chi connectivity index (χ0v) is 8.59. The number of rotatable bonds is 4. The number of hydrogen-bond donors (Lipinski definition) is 1. The molecule has 1 amide bonds. The second-order valence-electron chi connectivity index (χ2n) is 3.24. The quantitative estimate of drug-likeness (QED) is 0.845. The van der Waals surface area contributed by atoms with Crippen LogP contribution in [0.5, 0.6) is 0 Å². The normalized spacial score (nSPS) is 10.0. The van der Waals surface area contributed by atoms with Crippen molar-refractivity contribution in [1.82, 2.24) is 9.97 Å². The molecule has 0 saturated heterocycles. The van der Waals surface area contributed by atoms with Gasteiger partial charge in [-0.2, -0.15) is 0 Å². The fourth-order valence-corrected chi connectivity index (χ4v) is 1.24. The fourth-order valence-electron chi connectivity index (χ4n) is 1.24. The minimum absolute atomic E-state index is 0.0818. The molecular weight excluding hydrogens is 206 g/mol. The average molecular weight is 217 g/mol. The van der Waals surface area contributed by atoms with E-state index in [1.807, 2.05) is 6.07 Å². The summed E-state index contributed by atoms with van der Waals surface area (Å²) in [6.45, 7) is 0. The highest BCUT2D eigenvalue weighted by Crippen LogP contribution is 2.03. The summed E-state index contributed by atoms with van der Waals surface area (Å²) in [6.07, 6.45) is 5.45. The number of aromatic nitrogens is 2. The van der Waals surface area contributed by atoms with Gasteiger partial charge in [-0.05, 0) is 12.1 Å². The molecule has 0 aromatic carbocycles. The maximum atomic E-state index is 11.5. The summed E-state index contributed by atoms with van der Waals surface area (Å²) >= 11 is 0. The molecule has 5 nitrogen and oxygen atoms in total. The second kappa shape index (κ2) is 5.06. The Morgan fingerprint density at radius 3 is 3.00 bits per heavy atom. The predicted molar refractivity (Wildman–Crippen MR) is 57.7 cm³/mol. The van der Waals surface area contributed by atoms with Crippen LogP contribution in [-0.4, -0.2) is 15.9 Å². The van der Waals surface area contributed by atoms with Crippen LogP contribution >= 0.6 is 0 Å². The Labute approximate surface area is 92.5 Å². The van der Waals surface area contributed by atoms with Crippen LogP contribution in [0.15, 0.2) is 41.5 Å². The first-order valence-corrected chi connectivity index (χ1v) is 4.92. The molecule has 0 aliphatic heterocycles. The Morgan fingerprint density at radius 1 is 1.38 bits per heavy atom. The van der Waals surface area contributed by atoms with E-state index >= 15 is 0 Å². The summed E-state index contributed by atoms with van der Waals surface area (Å²) in [4.78, 5) is 19.4. The van der Waals surface area contributed by atoms with Crippen LogP contribution in [0.4, 0.5) is 5.82 Å². The van der Waals surface area contributed by atoms with Crippen molar-refractivity contribution in [3.05, 3.63) is 42.7 Å². The number of hydrogen-bond acceptors (Lipinski definition) is 4. The Hall–Kier alpha value is -2.17. The summed E-state index contributed by atoms with van der Waals surface area (Å²) < 4.78 is 4.81. The van der Waals surface area contributed by atoms with E-state index in [0.29, 0.717) is 18.7 Å². The van der Waals surface area contributed by atoms with Crippen molar-refractivity contribution in [3.63, 3.8) is 0 Å². The fraction of sp³-hybridized carbons (Fsp3) is 0.182. The molecule has 2 aromatic heterocycles. The van der Waals surface area contributed by atoms with Gasteiger partial charge in [-0.25, -0.2) is 9.97 Å². The van der Waals surface area contributed by atoms with Crippen LogP contribution in [0.1, 0.15) is 12.1 Å². The van der Waals surface area contributed by atoms with Crippen LogP contribution in [0.25, 0.3) is 0 Å². The van der Waals surface area contributed by atoms with Gasteiger partial charge in [0.25, 0.3) is 0 Å². The number of carbonyl (C=O) groups is 1. The van der Waals surface area contributed by atoms with Gasteiger partial charge in [0.15, 0.2) is 6.39 Å². The number of carbonyl (C=O) groups excluding carboxylic acids is 1. The van der Waals surface area contributed by atoms with Crippen LogP contribution in [0.2, 0.25) is 0 Å². The summed E-state index contributed by atoms with van der Waals surface area (Å²) in [5.74, 6) is 0.481. The van der Waals surface area contributed by atoms with Crippen LogP contribution < -0.4 is 5.32 Å². The van der Waals surface area contributed by atoms with Crippen LogP contribution in [0, 0.1) is 0 Å².